The van der Waals surface area contributed by atoms with Crippen molar-refractivity contribution >= 4 is 37.5 Å². The van der Waals surface area contributed by atoms with Gasteiger partial charge in [-0.1, -0.05) is 15.9 Å². The number of halogens is 3. The molecule has 0 unspecified atom stereocenters. The fourth-order valence-corrected chi connectivity index (χ4v) is 3.47. The predicted molar refractivity (Wildman–Crippen MR) is 86.9 cm³/mol. The lowest BCUT2D eigenvalue weighted by atomic mass is 10.1. The molecule has 0 aliphatic heterocycles. The van der Waals surface area contributed by atoms with Crippen molar-refractivity contribution in [3.63, 3.8) is 0 Å². The Bertz CT molecular complexity index is 632. The number of anilines is 1. The van der Waals surface area contributed by atoms with Crippen LogP contribution in [0.4, 0.5) is 10.1 Å². The molecule has 2 nitrogen and oxygen atoms in total. The van der Waals surface area contributed by atoms with E-state index in [0.717, 1.165) is 31.5 Å². The minimum atomic E-state index is -0.226. The summed E-state index contributed by atoms with van der Waals surface area (Å²) in [4.78, 5) is 0. The summed E-state index contributed by atoms with van der Waals surface area (Å²) in [5.41, 5.74) is 2.79. The zero-order valence-corrected chi connectivity index (χ0v) is 14.3. The predicted octanol–water partition coefficient (Wildman–Crippen LogP) is 5.28. The summed E-state index contributed by atoms with van der Waals surface area (Å²) in [6.07, 6.45) is 0. The van der Waals surface area contributed by atoms with Crippen molar-refractivity contribution in [2.45, 2.75) is 13.5 Å². The first kappa shape index (κ1) is 15.3. The summed E-state index contributed by atoms with van der Waals surface area (Å²) < 4.78 is 20.3. The Labute approximate surface area is 134 Å². The summed E-state index contributed by atoms with van der Waals surface area (Å²) in [7, 11) is 1.64. The van der Waals surface area contributed by atoms with Gasteiger partial charge in [-0.15, -0.1) is 0 Å². The molecule has 2 aromatic rings. The molecule has 0 fully saturated rings. The van der Waals surface area contributed by atoms with E-state index in [1.807, 2.05) is 19.1 Å². The molecule has 0 amide bonds. The molecule has 0 aromatic heterocycles. The van der Waals surface area contributed by atoms with Gasteiger partial charge in [0.1, 0.15) is 11.6 Å². The first-order valence-electron chi connectivity index (χ1n) is 6.03. The Morgan fingerprint density at radius 1 is 1.20 bits per heavy atom. The fourth-order valence-electron chi connectivity index (χ4n) is 1.99. The second kappa shape index (κ2) is 6.59. The number of methoxy groups -OCH3 is 1. The van der Waals surface area contributed by atoms with E-state index in [1.54, 1.807) is 13.2 Å². The van der Waals surface area contributed by atoms with E-state index in [2.05, 4.69) is 37.2 Å². The Morgan fingerprint density at radius 2 is 1.95 bits per heavy atom. The minimum absolute atomic E-state index is 0.226. The molecule has 0 aliphatic rings. The molecule has 0 radical (unpaired) electrons. The van der Waals surface area contributed by atoms with Crippen molar-refractivity contribution in [2.75, 3.05) is 12.4 Å². The van der Waals surface area contributed by atoms with Crippen LogP contribution in [0.3, 0.4) is 0 Å². The Kier molecular flexibility index (Phi) is 5.05. The molecule has 2 aromatic carbocycles. The maximum absolute atomic E-state index is 13.1. The molecule has 1 N–H and O–H groups in total. The number of rotatable bonds is 4. The van der Waals surface area contributed by atoms with Crippen LogP contribution >= 0.6 is 31.9 Å². The number of nitrogens with one attached hydrogen (secondary N) is 1. The van der Waals surface area contributed by atoms with Crippen molar-refractivity contribution in [2.24, 2.45) is 0 Å². The van der Waals surface area contributed by atoms with E-state index in [0.29, 0.717) is 6.54 Å². The zero-order chi connectivity index (χ0) is 14.7. The average Bonchev–Trinajstić information content (AvgIpc) is 2.37. The van der Waals surface area contributed by atoms with Gasteiger partial charge in [-0.2, -0.15) is 0 Å². The van der Waals surface area contributed by atoms with Crippen LogP contribution in [-0.4, -0.2) is 7.11 Å². The third kappa shape index (κ3) is 3.52. The molecule has 0 saturated carbocycles. The number of hydrogen-bond acceptors (Lipinski definition) is 2. The molecule has 0 bridgehead atoms. The lowest BCUT2D eigenvalue weighted by Crippen LogP contribution is -2.03. The van der Waals surface area contributed by atoms with Gasteiger partial charge in [0.05, 0.1) is 11.6 Å². The first-order valence-corrected chi connectivity index (χ1v) is 7.62. The van der Waals surface area contributed by atoms with Gasteiger partial charge in [0.15, 0.2) is 0 Å². The van der Waals surface area contributed by atoms with Crippen LogP contribution in [0, 0.1) is 12.7 Å². The van der Waals surface area contributed by atoms with Gasteiger partial charge in [-0.3, -0.25) is 0 Å². The number of hydrogen-bond donors (Lipinski definition) is 1. The minimum Gasteiger partial charge on any atom is -0.495 e. The van der Waals surface area contributed by atoms with Crippen LogP contribution < -0.4 is 10.1 Å². The smallest absolute Gasteiger partial charge is 0.138 e. The summed E-state index contributed by atoms with van der Waals surface area (Å²) in [5.74, 6) is 0.566. The van der Waals surface area contributed by atoms with Crippen LogP contribution in [0.5, 0.6) is 5.75 Å². The Balaban J connectivity index is 2.22. The SMILES string of the molecule is COc1c(Br)cc(Br)cc1CNc1ccc(F)cc1C. The van der Waals surface area contributed by atoms with Crippen LogP contribution in [0.25, 0.3) is 0 Å². The van der Waals surface area contributed by atoms with Gasteiger partial charge in [0, 0.05) is 22.3 Å². The van der Waals surface area contributed by atoms with Crippen LogP contribution in [0.1, 0.15) is 11.1 Å². The van der Waals surface area contributed by atoms with Gasteiger partial charge in [0.2, 0.25) is 0 Å². The van der Waals surface area contributed by atoms with Crippen molar-refractivity contribution < 1.29 is 9.13 Å². The molecule has 0 heterocycles. The summed E-state index contributed by atoms with van der Waals surface area (Å²) in [6, 6.07) is 8.63. The normalized spacial score (nSPS) is 10.4. The number of benzene rings is 2. The summed E-state index contributed by atoms with van der Waals surface area (Å²) in [6.45, 7) is 2.47. The monoisotopic (exact) mass is 401 g/mol. The molecule has 0 saturated heterocycles. The van der Waals surface area contributed by atoms with Gasteiger partial charge in [-0.05, 0) is 58.7 Å². The highest BCUT2D eigenvalue weighted by molar-refractivity contribution is 9.11. The lowest BCUT2D eigenvalue weighted by Gasteiger charge is -2.14. The van der Waals surface area contributed by atoms with E-state index in [-0.39, 0.29) is 5.82 Å². The average molecular weight is 403 g/mol. The first-order chi connectivity index (χ1) is 9.51. The molecule has 106 valence electrons. The zero-order valence-electron chi connectivity index (χ0n) is 11.1. The van der Waals surface area contributed by atoms with Crippen molar-refractivity contribution in [3.8, 4) is 5.75 Å². The maximum Gasteiger partial charge on any atom is 0.138 e. The Hall–Kier alpha value is -1.07. The maximum atomic E-state index is 13.1. The van der Waals surface area contributed by atoms with Crippen molar-refractivity contribution in [1.29, 1.82) is 0 Å². The summed E-state index contributed by atoms with van der Waals surface area (Å²) >= 11 is 6.94. The lowest BCUT2D eigenvalue weighted by molar-refractivity contribution is 0.407. The number of aryl methyl sites for hydroxylation is 1. The largest absolute Gasteiger partial charge is 0.495 e. The van der Waals surface area contributed by atoms with E-state index in [1.165, 1.54) is 12.1 Å². The molecule has 20 heavy (non-hydrogen) atoms. The van der Waals surface area contributed by atoms with Crippen molar-refractivity contribution in [1.82, 2.24) is 0 Å². The molecule has 5 heteroatoms. The van der Waals surface area contributed by atoms with Gasteiger partial charge >= 0.3 is 0 Å². The van der Waals surface area contributed by atoms with Gasteiger partial charge in [0.25, 0.3) is 0 Å². The second-order valence-corrected chi connectivity index (χ2v) is 6.16. The highest BCUT2D eigenvalue weighted by Gasteiger charge is 2.09. The van der Waals surface area contributed by atoms with E-state index >= 15 is 0 Å². The van der Waals surface area contributed by atoms with Gasteiger partial charge in [-0.25, -0.2) is 4.39 Å². The summed E-state index contributed by atoms with van der Waals surface area (Å²) in [5, 5.41) is 3.30. The molecule has 0 spiro atoms. The Morgan fingerprint density at radius 3 is 2.60 bits per heavy atom. The highest BCUT2D eigenvalue weighted by atomic mass is 79.9. The quantitative estimate of drug-likeness (QED) is 0.751. The fraction of sp³-hybridized carbons (Fsp3) is 0.200. The highest BCUT2D eigenvalue weighted by Crippen LogP contribution is 2.33. The van der Waals surface area contributed by atoms with Crippen molar-refractivity contribution in [3.05, 3.63) is 56.2 Å². The van der Waals surface area contributed by atoms with Gasteiger partial charge < -0.3 is 10.1 Å². The molecule has 0 aliphatic carbocycles. The van der Waals surface area contributed by atoms with E-state index in [9.17, 15) is 4.39 Å². The molecule has 0 atom stereocenters. The second-order valence-electron chi connectivity index (χ2n) is 4.39. The standard InChI is InChI=1S/C15H14Br2FNO/c1-9-5-12(18)3-4-14(9)19-8-10-6-11(16)7-13(17)15(10)20-2/h3-7,19H,8H2,1-2H3. The van der Waals surface area contributed by atoms with E-state index < -0.39 is 0 Å². The van der Waals surface area contributed by atoms with E-state index in [4.69, 9.17) is 4.74 Å². The van der Waals surface area contributed by atoms with Crippen LogP contribution in [0.15, 0.2) is 39.3 Å². The molecule has 2 rings (SSSR count). The molecular weight excluding hydrogens is 389 g/mol. The third-order valence-corrected chi connectivity index (χ3v) is 3.99. The van der Waals surface area contributed by atoms with Crippen LogP contribution in [-0.2, 0) is 6.54 Å². The topological polar surface area (TPSA) is 21.3 Å². The van der Waals surface area contributed by atoms with Crippen LogP contribution in [0.2, 0.25) is 0 Å². The molecular formula is C15H14Br2FNO. The number of ether oxygens (including phenoxy) is 1. The third-order valence-electron chi connectivity index (χ3n) is 2.95.